The molecule has 2 nitrogen and oxygen atoms in total. The van der Waals surface area contributed by atoms with Crippen LogP contribution in [0.5, 0.6) is 5.75 Å². The highest BCUT2D eigenvalue weighted by Gasteiger charge is 2.36. The minimum absolute atomic E-state index is 0.164. The SMILES string of the molecule is CC1(C)CCCCC1C(N)c1ccc2c(c1)CCCO2. The van der Waals surface area contributed by atoms with Crippen LogP contribution in [0.15, 0.2) is 18.2 Å². The van der Waals surface area contributed by atoms with E-state index < -0.39 is 0 Å². The van der Waals surface area contributed by atoms with Gasteiger partial charge in [0.15, 0.2) is 0 Å². The van der Waals surface area contributed by atoms with Gasteiger partial charge in [0.25, 0.3) is 0 Å². The highest BCUT2D eigenvalue weighted by Crippen LogP contribution is 2.46. The third-order valence-electron chi connectivity index (χ3n) is 5.34. The molecule has 2 atom stereocenters. The molecule has 0 amide bonds. The normalized spacial score (nSPS) is 26.4. The van der Waals surface area contributed by atoms with Gasteiger partial charge < -0.3 is 10.5 Å². The number of rotatable bonds is 2. The standard InChI is InChI=1S/C18H27NO/c1-18(2)10-4-3-7-15(18)17(19)14-8-9-16-13(12-14)6-5-11-20-16/h8-9,12,15,17H,3-7,10-11,19H2,1-2H3. The zero-order chi connectivity index (χ0) is 14.2. The number of hydrogen-bond acceptors (Lipinski definition) is 2. The Kier molecular flexibility index (Phi) is 3.76. The Balaban J connectivity index is 1.84. The second kappa shape index (κ2) is 5.40. The highest BCUT2D eigenvalue weighted by atomic mass is 16.5. The first-order valence-corrected chi connectivity index (χ1v) is 8.09. The molecule has 0 bridgehead atoms. The van der Waals surface area contributed by atoms with Gasteiger partial charge in [0.2, 0.25) is 0 Å². The zero-order valence-electron chi connectivity index (χ0n) is 12.8. The molecule has 3 rings (SSSR count). The second-order valence-corrected chi connectivity index (χ2v) is 7.19. The molecule has 1 aliphatic carbocycles. The van der Waals surface area contributed by atoms with Gasteiger partial charge in [-0.1, -0.05) is 38.8 Å². The largest absolute Gasteiger partial charge is 0.493 e. The molecule has 0 aromatic heterocycles. The predicted molar refractivity (Wildman–Crippen MR) is 82.9 cm³/mol. The van der Waals surface area contributed by atoms with E-state index in [2.05, 4.69) is 32.0 Å². The number of aryl methyl sites for hydroxylation is 1. The highest BCUT2D eigenvalue weighted by molar-refractivity contribution is 5.39. The van der Waals surface area contributed by atoms with Crippen molar-refractivity contribution in [2.45, 2.75) is 58.4 Å². The van der Waals surface area contributed by atoms with Crippen molar-refractivity contribution >= 4 is 0 Å². The van der Waals surface area contributed by atoms with Gasteiger partial charge in [-0.3, -0.25) is 0 Å². The van der Waals surface area contributed by atoms with E-state index in [1.807, 2.05) is 0 Å². The van der Waals surface area contributed by atoms with Gasteiger partial charge in [-0.2, -0.15) is 0 Å². The van der Waals surface area contributed by atoms with E-state index in [4.69, 9.17) is 10.5 Å². The van der Waals surface area contributed by atoms with Crippen LogP contribution in [0.3, 0.4) is 0 Å². The van der Waals surface area contributed by atoms with Gasteiger partial charge >= 0.3 is 0 Å². The first-order valence-electron chi connectivity index (χ1n) is 8.09. The molecule has 1 aromatic rings. The maximum Gasteiger partial charge on any atom is 0.122 e. The van der Waals surface area contributed by atoms with Crippen LogP contribution in [0.2, 0.25) is 0 Å². The van der Waals surface area contributed by atoms with E-state index in [-0.39, 0.29) is 6.04 Å². The molecule has 0 spiro atoms. The lowest BCUT2D eigenvalue weighted by atomic mass is 9.65. The van der Waals surface area contributed by atoms with E-state index in [1.54, 1.807) is 0 Å². The number of hydrogen-bond donors (Lipinski definition) is 1. The average molecular weight is 273 g/mol. The van der Waals surface area contributed by atoms with Crippen molar-refractivity contribution in [2.75, 3.05) is 6.61 Å². The molecule has 0 saturated heterocycles. The monoisotopic (exact) mass is 273 g/mol. The average Bonchev–Trinajstić information content (AvgIpc) is 2.45. The van der Waals surface area contributed by atoms with Crippen molar-refractivity contribution in [1.29, 1.82) is 0 Å². The topological polar surface area (TPSA) is 35.2 Å². The summed E-state index contributed by atoms with van der Waals surface area (Å²) in [5.74, 6) is 1.66. The van der Waals surface area contributed by atoms with Crippen LogP contribution in [0, 0.1) is 11.3 Å². The van der Waals surface area contributed by atoms with Crippen LogP contribution >= 0.6 is 0 Å². The molecular formula is C18H27NO. The smallest absolute Gasteiger partial charge is 0.122 e. The van der Waals surface area contributed by atoms with Crippen LogP contribution in [0.4, 0.5) is 0 Å². The van der Waals surface area contributed by atoms with Crippen molar-refractivity contribution in [3.05, 3.63) is 29.3 Å². The van der Waals surface area contributed by atoms with E-state index >= 15 is 0 Å². The lowest BCUT2D eigenvalue weighted by Crippen LogP contribution is -2.36. The molecular weight excluding hydrogens is 246 g/mol. The van der Waals surface area contributed by atoms with Crippen molar-refractivity contribution in [1.82, 2.24) is 0 Å². The molecule has 2 N–H and O–H groups in total. The summed E-state index contributed by atoms with van der Waals surface area (Å²) in [6.45, 7) is 5.63. The molecule has 1 aromatic carbocycles. The summed E-state index contributed by atoms with van der Waals surface area (Å²) >= 11 is 0. The minimum atomic E-state index is 0.164. The van der Waals surface area contributed by atoms with Crippen LogP contribution in [-0.4, -0.2) is 6.61 Å². The molecule has 20 heavy (non-hydrogen) atoms. The van der Waals surface area contributed by atoms with E-state index in [1.165, 1.54) is 36.8 Å². The molecule has 2 unspecified atom stereocenters. The summed E-state index contributed by atoms with van der Waals surface area (Å²) in [7, 11) is 0. The lowest BCUT2D eigenvalue weighted by molar-refractivity contribution is 0.112. The molecule has 110 valence electrons. The Morgan fingerprint density at radius 1 is 1.25 bits per heavy atom. The quantitative estimate of drug-likeness (QED) is 0.875. The Bertz CT molecular complexity index is 480. The van der Waals surface area contributed by atoms with E-state index in [9.17, 15) is 0 Å². The van der Waals surface area contributed by atoms with Gasteiger partial charge in [0, 0.05) is 6.04 Å². The first kappa shape index (κ1) is 13.9. The van der Waals surface area contributed by atoms with Gasteiger partial charge in [-0.05, 0) is 54.2 Å². The molecule has 1 saturated carbocycles. The number of fused-ring (bicyclic) bond motifs is 1. The van der Waals surface area contributed by atoms with E-state index in [0.717, 1.165) is 25.2 Å². The van der Waals surface area contributed by atoms with Crippen molar-refractivity contribution in [3.8, 4) is 5.75 Å². The third-order valence-corrected chi connectivity index (χ3v) is 5.34. The number of ether oxygens (including phenoxy) is 1. The first-order chi connectivity index (χ1) is 9.58. The molecule has 1 aliphatic heterocycles. The zero-order valence-corrected chi connectivity index (χ0v) is 12.8. The fourth-order valence-corrected chi connectivity index (χ4v) is 4.01. The molecule has 2 heteroatoms. The van der Waals surface area contributed by atoms with Crippen LogP contribution in [0.25, 0.3) is 0 Å². The van der Waals surface area contributed by atoms with Gasteiger partial charge in [-0.15, -0.1) is 0 Å². The molecule has 0 radical (unpaired) electrons. The number of benzene rings is 1. The molecule has 2 aliphatic rings. The minimum Gasteiger partial charge on any atom is -0.493 e. The fourth-order valence-electron chi connectivity index (χ4n) is 4.01. The summed E-state index contributed by atoms with van der Waals surface area (Å²) < 4.78 is 5.70. The van der Waals surface area contributed by atoms with E-state index in [0.29, 0.717) is 11.3 Å². The fraction of sp³-hybridized carbons (Fsp3) is 0.667. The molecule has 1 fully saturated rings. The maximum absolute atomic E-state index is 6.64. The molecule has 1 heterocycles. The Morgan fingerprint density at radius 2 is 2.10 bits per heavy atom. The summed E-state index contributed by atoms with van der Waals surface area (Å²) in [5, 5.41) is 0. The predicted octanol–water partition coefficient (Wildman–Crippen LogP) is 4.23. The lowest BCUT2D eigenvalue weighted by Gasteiger charge is -2.42. The summed E-state index contributed by atoms with van der Waals surface area (Å²) in [6.07, 6.45) is 7.51. The van der Waals surface area contributed by atoms with Crippen LogP contribution in [0.1, 0.15) is 63.1 Å². The van der Waals surface area contributed by atoms with Crippen LogP contribution < -0.4 is 10.5 Å². The van der Waals surface area contributed by atoms with Crippen molar-refractivity contribution in [2.24, 2.45) is 17.1 Å². The van der Waals surface area contributed by atoms with Crippen molar-refractivity contribution < 1.29 is 4.74 Å². The van der Waals surface area contributed by atoms with Crippen LogP contribution in [-0.2, 0) is 6.42 Å². The van der Waals surface area contributed by atoms with Crippen molar-refractivity contribution in [3.63, 3.8) is 0 Å². The van der Waals surface area contributed by atoms with Gasteiger partial charge in [-0.25, -0.2) is 0 Å². The Labute approximate surface area is 122 Å². The van der Waals surface area contributed by atoms with Gasteiger partial charge in [0.05, 0.1) is 6.61 Å². The Hall–Kier alpha value is -1.02. The number of nitrogens with two attached hydrogens (primary N) is 1. The second-order valence-electron chi connectivity index (χ2n) is 7.19. The third kappa shape index (κ3) is 2.58. The Morgan fingerprint density at radius 3 is 2.90 bits per heavy atom. The summed E-state index contributed by atoms with van der Waals surface area (Å²) in [6, 6.07) is 6.76. The summed E-state index contributed by atoms with van der Waals surface area (Å²) in [4.78, 5) is 0. The summed E-state index contributed by atoms with van der Waals surface area (Å²) in [5.41, 5.74) is 9.65. The van der Waals surface area contributed by atoms with Gasteiger partial charge in [0.1, 0.15) is 5.75 Å². The maximum atomic E-state index is 6.64.